The Morgan fingerprint density at radius 3 is 2.76 bits per heavy atom. The molecule has 0 bridgehead atoms. The summed E-state index contributed by atoms with van der Waals surface area (Å²) in [7, 11) is 0. The maximum Gasteiger partial charge on any atom is 0.235 e. The fraction of sp³-hybridized carbons (Fsp3) is 0. The summed E-state index contributed by atoms with van der Waals surface area (Å²) in [5.41, 5.74) is 8.09. The van der Waals surface area contributed by atoms with Gasteiger partial charge in [-0.2, -0.15) is 9.61 Å². The lowest BCUT2D eigenvalue weighted by atomic mass is 10.3. The van der Waals surface area contributed by atoms with Crippen LogP contribution in [0.15, 0.2) is 43.0 Å². The van der Waals surface area contributed by atoms with Crippen LogP contribution in [0.1, 0.15) is 0 Å². The zero-order valence-electron chi connectivity index (χ0n) is 10.7. The Morgan fingerprint density at radius 1 is 1.05 bits per heavy atom. The largest absolute Gasteiger partial charge is 0.397 e. The van der Waals surface area contributed by atoms with Gasteiger partial charge < -0.3 is 5.73 Å². The van der Waals surface area contributed by atoms with Gasteiger partial charge in [0.05, 0.1) is 5.69 Å². The van der Waals surface area contributed by atoms with Crippen molar-refractivity contribution in [3.63, 3.8) is 0 Å². The van der Waals surface area contributed by atoms with Gasteiger partial charge in [0, 0.05) is 35.9 Å². The summed E-state index contributed by atoms with van der Waals surface area (Å²) in [6.45, 7) is 0. The number of fused-ring (bicyclic) bond motifs is 1. The summed E-state index contributed by atoms with van der Waals surface area (Å²) in [4.78, 5) is 8.89. The smallest absolute Gasteiger partial charge is 0.235 e. The van der Waals surface area contributed by atoms with Crippen molar-refractivity contribution in [3.05, 3.63) is 43.0 Å². The first-order chi connectivity index (χ1) is 10.3. The fourth-order valence-corrected chi connectivity index (χ4v) is 2.80. The van der Waals surface area contributed by atoms with Crippen LogP contribution in [0.25, 0.3) is 26.9 Å². The van der Waals surface area contributed by atoms with E-state index >= 15 is 0 Å². The van der Waals surface area contributed by atoms with E-state index < -0.39 is 0 Å². The zero-order chi connectivity index (χ0) is 14.2. The number of aromatic nitrogens is 6. The molecule has 7 nitrogen and oxygen atoms in total. The molecule has 21 heavy (non-hydrogen) atoms. The Hall–Kier alpha value is -2.87. The second-order valence-corrected chi connectivity index (χ2v) is 5.33. The lowest BCUT2D eigenvalue weighted by molar-refractivity contribution is 0.968. The Kier molecular flexibility index (Phi) is 2.61. The van der Waals surface area contributed by atoms with Crippen molar-refractivity contribution < 1.29 is 0 Å². The quantitative estimate of drug-likeness (QED) is 0.607. The van der Waals surface area contributed by atoms with E-state index in [9.17, 15) is 0 Å². The second kappa shape index (κ2) is 4.60. The number of nitrogens with two attached hydrogens (primary N) is 1. The first-order valence-corrected chi connectivity index (χ1v) is 6.96. The minimum atomic E-state index is 0.603. The van der Waals surface area contributed by atoms with Gasteiger partial charge >= 0.3 is 0 Å². The molecule has 0 saturated heterocycles. The predicted molar refractivity (Wildman–Crippen MR) is 79.5 cm³/mol. The molecule has 0 fully saturated rings. The topological polar surface area (TPSA) is 94.9 Å². The molecule has 0 radical (unpaired) electrons. The van der Waals surface area contributed by atoms with Gasteiger partial charge in [-0.15, -0.1) is 10.2 Å². The highest BCUT2D eigenvalue weighted by atomic mass is 32.1. The number of hydrogen-bond donors (Lipinski definition) is 1. The molecule has 0 aliphatic rings. The third-order valence-electron chi connectivity index (χ3n) is 2.92. The van der Waals surface area contributed by atoms with Crippen LogP contribution in [0.3, 0.4) is 0 Å². The van der Waals surface area contributed by atoms with Gasteiger partial charge in [0.1, 0.15) is 5.01 Å². The molecule has 0 amide bonds. The SMILES string of the molecule is Nc1cncc(-c2nn3c(-c4cccnc4)nnc3s2)c1. The van der Waals surface area contributed by atoms with Crippen LogP contribution in [0.4, 0.5) is 5.69 Å². The van der Waals surface area contributed by atoms with Crippen molar-refractivity contribution in [2.24, 2.45) is 0 Å². The number of rotatable bonds is 2. The number of pyridine rings is 2. The molecule has 0 aromatic carbocycles. The van der Waals surface area contributed by atoms with Gasteiger partial charge in [0.15, 0.2) is 5.82 Å². The fourth-order valence-electron chi connectivity index (χ4n) is 1.98. The molecule has 4 rings (SSSR count). The normalized spacial score (nSPS) is 11.0. The average Bonchev–Trinajstić information content (AvgIpc) is 3.08. The Balaban J connectivity index is 1.87. The number of nitrogens with zero attached hydrogens (tertiary/aromatic N) is 6. The number of anilines is 1. The van der Waals surface area contributed by atoms with Crippen LogP contribution in [-0.2, 0) is 0 Å². The summed E-state index contributed by atoms with van der Waals surface area (Å²) in [6, 6.07) is 5.61. The molecule has 0 saturated carbocycles. The van der Waals surface area contributed by atoms with Crippen LogP contribution in [-0.4, -0.2) is 29.8 Å². The highest BCUT2D eigenvalue weighted by Crippen LogP contribution is 2.28. The summed E-state index contributed by atoms with van der Waals surface area (Å²) in [5.74, 6) is 0.664. The lowest BCUT2D eigenvalue weighted by Crippen LogP contribution is -1.92. The minimum Gasteiger partial charge on any atom is -0.397 e. The maximum absolute atomic E-state index is 5.76. The van der Waals surface area contributed by atoms with E-state index in [0.717, 1.165) is 16.1 Å². The molecule has 0 atom stereocenters. The van der Waals surface area contributed by atoms with E-state index in [0.29, 0.717) is 16.5 Å². The molecule has 4 heterocycles. The number of nitrogen functional groups attached to an aromatic ring is 1. The van der Waals surface area contributed by atoms with Crippen LogP contribution < -0.4 is 5.73 Å². The summed E-state index contributed by atoms with van der Waals surface area (Å²) < 4.78 is 1.71. The minimum absolute atomic E-state index is 0.603. The molecular formula is C13H9N7S. The van der Waals surface area contributed by atoms with Crippen molar-refractivity contribution in [1.29, 1.82) is 0 Å². The summed E-state index contributed by atoms with van der Waals surface area (Å²) >= 11 is 1.44. The summed E-state index contributed by atoms with van der Waals surface area (Å²) in [5, 5.41) is 13.7. The molecule has 0 aliphatic heterocycles. The first kappa shape index (κ1) is 11.9. The van der Waals surface area contributed by atoms with E-state index in [4.69, 9.17) is 5.73 Å². The van der Waals surface area contributed by atoms with Gasteiger partial charge in [-0.25, -0.2) is 0 Å². The molecular weight excluding hydrogens is 286 g/mol. The van der Waals surface area contributed by atoms with Crippen molar-refractivity contribution >= 4 is 22.0 Å². The van der Waals surface area contributed by atoms with Crippen LogP contribution >= 0.6 is 11.3 Å². The van der Waals surface area contributed by atoms with Gasteiger partial charge in [-0.3, -0.25) is 9.97 Å². The van der Waals surface area contributed by atoms with E-state index in [1.165, 1.54) is 11.3 Å². The van der Waals surface area contributed by atoms with Gasteiger partial charge in [-0.05, 0) is 18.2 Å². The lowest BCUT2D eigenvalue weighted by Gasteiger charge is -1.97. The molecule has 2 N–H and O–H groups in total. The maximum atomic E-state index is 5.76. The van der Waals surface area contributed by atoms with E-state index in [2.05, 4.69) is 25.3 Å². The van der Waals surface area contributed by atoms with Crippen molar-refractivity contribution in [1.82, 2.24) is 29.8 Å². The molecule has 0 spiro atoms. The monoisotopic (exact) mass is 295 g/mol. The Labute approximate surface area is 123 Å². The van der Waals surface area contributed by atoms with Gasteiger partial charge in [0.2, 0.25) is 4.96 Å². The molecule has 0 unspecified atom stereocenters. The molecule has 4 aromatic rings. The standard InChI is InChI=1S/C13H9N7S/c14-10-4-9(6-16-7-10)12-19-20-11(17-18-13(20)21-12)8-2-1-3-15-5-8/h1-7H,14H2. The van der Waals surface area contributed by atoms with Gasteiger partial charge in [0.25, 0.3) is 0 Å². The molecule has 8 heteroatoms. The highest BCUT2D eigenvalue weighted by Gasteiger charge is 2.14. The number of hydrogen-bond acceptors (Lipinski definition) is 7. The summed E-state index contributed by atoms with van der Waals surface area (Å²) in [6.07, 6.45) is 6.78. The van der Waals surface area contributed by atoms with Crippen molar-refractivity contribution in [2.75, 3.05) is 5.73 Å². The third kappa shape index (κ3) is 2.01. The van der Waals surface area contributed by atoms with Crippen LogP contribution in [0.5, 0.6) is 0 Å². The van der Waals surface area contributed by atoms with E-state index in [-0.39, 0.29) is 0 Å². The second-order valence-electron chi connectivity index (χ2n) is 4.37. The van der Waals surface area contributed by atoms with Crippen LogP contribution in [0.2, 0.25) is 0 Å². The molecule has 0 aliphatic carbocycles. The third-order valence-corrected chi connectivity index (χ3v) is 3.86. The Morgan fingerprint density at radius 2 is 1.95 bits per heavy atom. The van der Waals surface area contributed by atoms with Crippen LogP contribution in [0, 0.1) is 0 Å². The first-order valence-electron chi connectivity index (χ1n) is 6.15. The average molecular weight is 295 g/mol. The van der Waals surface area contributed by atoms with Crippen molar-refractivity contribution in [2.45, 2.75) is 0 Å². The van der Waals surface area contributed by atoms with E-state index in [1.807, 2.05) is 18.2 Å². The predicted octanol–water partition coefficient (Wildman–Crippen LogP) is 1.89. The molecule has 102 valence electrons. The van der Waals surface area contributed by atoms with E-state index in [1.54, 1.807) is 29.3 Å². The molecule has 4 aromatic heterocycles. The zero-order valence-corrected chi connectivity index (χ0v) is 11.5. The highest BCUT2D eigenvalue weighted by molar-refractivity contribution is 7.19. The Bertz CT molecular complexity index is 913. The van der Waals surface area contributed by atoms with Crippen molar-refractivity contribution in [3.8, 4) is 22.0 Å². The van der Waals surface area contributed by atoms with Gasteiger partial charge in [-0.1, -0.05) is 11.3 Å².